The Morgan fingerprint density at radius 1 is 0.500 bits per heavy atom. The van der Waals surface area contributed by atoms with E-state index in [0.29, 0.717) is 5.39 Å². The summed E-state index contributed by atoms with van der Waals surface area (Å²) in [6.07, 6.45) is 5.63. The second-order valence-electron chi connectivity index (χ2n) is 13.4. The zero-order valence-electron chi connectivity index (χ0n) is 28.4. The first kappa shape index (κ1) is 29.9. The van der Waals surface area contributed by atoms with E-state index in [1.807, 2.05) is 40.8 Å². The Morgan fingerprint density at radius 3 is 1.81 bits per heavy atom. The van der Waals surface area contributed by atoms with Crippen molar-refractivity contribution in [3.8, 4) is 27.9 Å². The molecule has 0 spiro atoms. The molecule has 0 bridgehead atoms. The standard InChI is InChI=1S/C49H32N2O/c1-3-12-31(4-2)37-26-27-41-38-15-5-6-18-42(38)49(52)51-46-28-23-35(30-43(46)47(37)48(41)51)34-14-11-13-33(29-34)32-21-24-36(25-22-32)50-44-19-9-7-16-39(44)40-17-8-10-20-45(40)50/h3-30H,1-2H2/b31-12+. The van der Waals surface area contributed by atoms with Crippen molar-refractivity contribution in [1.82, 2.24) is 8.97 Å². The Labute approximate surface area is 300 Å². The minimum Gasteiger partial charge on any atom is -0.309 e. The number of para-hydroxylation sites is 2. The van der Waals surface area contributed by atoms with Gasteiger partial charge in [-0.05, 0) is 87.3 Å². The summed E-state index contributed by atoms with van der Waals surface area (Å²) in [7, 11) is 0. The van der Waals surface area contributed by atoms with Gasteiger partial charge in [0.25, 0.3) is 5.56 Å². The van der Waals surface area contributed by atoms with Crippen LogP contribution < -0.4 is 5.56 Å². The molecule has 3 nitrogen and oxygen atoms in total. The largest absolute Gasteiger partial charge is 0.309 e. The molecule has 52 heavy (non-hydrogen) atoms. The summed E-state index contributed by atoms with van der Waals surface area (Å²) in [6.45, 7) is 8.07. The predicted octanol–water partition coefficient (Wildman–Crippen LogP) is 12.4. The van der Waals surface area contributed by atoms with Gasteiger partial charge in [-0.15, -0.1) is 0 Å². The van der Waals surface area contributed by atoms with Crippen molar-refractivity contribution in [2.75, 3.05) is 0 Å². The van der Waals surface area contributed by atoms with Crippen molar-refractivity contribution in [2.45, 2.75) is 0 Å². The molecule has 0 fully saturated rings. The van der Waals surface area contributed by atoms with Crippen LogP contribution in [0.3, 0.4) is 0 Å². The number of nitrogens with zero attached hydrogens (tertiary/aromatic N) is 2. The van der Waals surface area contributed by atoms with Crippen molar-refractivity contribution < 1.29 is 0 Å². The maximum atomic E-state index is 14.1. The molecule has 0 saturated carbocycles. The van der Waals surface area contributed by atoms with E-state index >= 15 is 0 Å². The Hall–Kier alpha value is -6.97. The van der Waals surface area contributed by atoms with Crippen LogP contribution in [0.4, 0.5) is 0 Å². The third kappa shape index (κ3) is 4.30. The van der Waals surface area contributed by atoms with Crippen molar-refractivity contribution >= 4 is 65.3 Å². The molecule has 0 unspecified atom stereocenters. The van der Waals surface area contributed by atoms with Gasteiger partial charge in [0.2, 0.25) is 0 Å². The minimum atomic E-state index is -0.00722. The van der Waals surface area contributed by atoms with Gasteiger partial charge in [0.1, 0.15) is 0 Å². The summed E-state index contributed by atoms with van der Waals surface area (Å²) in [5, 5.41) is 7.32. The van der Waals surface area contributed by atoms with Crippen LogP contribution in [0.15, 0.2) is 188 Å². The number of aromatic nitrogens is 2. The zero-order valence-corrected chi connectivity index (χ0v) is 28.4. The lowest BCUT2D eigenvalue weighted by atomic mass is 9.94. The van der Waals surface area contributed by atoms with E-state index in [-0.39, 0.29) is 5.56 Å². The fourth-order valence-corrected chi connectivity index (χ4v) is 8.30. The highest BCUT2D eigenvalue weighted by molar-refractivity contribution is 6.23. The summed E-state index contributed by atoms with van der Waals surface area (Å²) in [5.74, 6) is 0. The number of pyridine rings is 1. The molecule has 0 radical (unpaired) electrons. The van der Waals surface area contributed by atoms with Gasteiger partial charge in [-0.3, -0.25) is 9.20 Å². The Morgan fingerprint density at radius 2 is 1.12 bits per heavy atom. The smallest absolute Gasteiger partial charge is 0.263 e. The predicted molar refractivity (Wildman–Crippen MR) is 221 cm³/mol. The van der Waals surface area contributed by atoms with Crippen LogP contribution in [0.1, 0.15) is 5.56 Å². The molecule has 244 valence electrons. The van der Waals surface area contributed by atoms with Crippen molar-refractivity contribution in [1.29, 1.82) is 0 Å². The molecule has 0 saturated heterocycles. The molecule has 3 heteroatoms. The molecule has 3 aromatic heterocycles. The van der Waals surface area contributed by atoms with E-state index in [9.17, 15) is 4.79 Å². The van der Waals surface area contributed by atoms with Gasteiger partial charge in [0.15, 0.2) is 0 Å². The third-order valence-electron chi connectivity index (χ3n) is 10.6. The van der Waals surface area contributed by atoms with Gasteiger partial charge in [-0.1, -0.05) is 135 Å². The molecule has 0 aliphatic carbocycles. The van der Waals surface area contributed by atoms with Gasteiger partial charge in [-0.2, -0.15) is 0 Å². The first-order valence-electron chi connectivity index (χ1n) is 17.5. The van der Waals surface area contributed by atoms with Crippen molar-refractivity contribution in [2.24, 2.45) is 0 Å². The summed E-state index contributed by atoms with van der Waals surface area (Å²) >= 11 is 0. The molecule has 7 aromatic carbocycles. The van der Waals surface area contributed by atoms with Crippen LogP contribution >= 0.6 is 0 Å². The van der Waals surface area contributed by atoms with Crippen LogP contribution in [0.25, 0.3) is 93.3 Å². The lowest BCUT2D eigenvalue weighted by Crippen LogP contribution is -2.12. The first-order chi connectivity index (χ1) is 25.6. The van der Waals surface area contributed by atoms with Gasteiger partial charge >= 0.3 is 0 Å². The van der Waals surface area contributed by atoms with E-state index in [4.69, 9.17) is 0 Å². The quantitative estimate of drug-likeness (QED) is 0.128. The molecular formula is C49H32N2O. The van der Waals surface area contributed by atoms with Crippen LogP contribution in [-0.2, 0) is 0 Å². The lowest BCUT2D eigenvalue weighted by Gasteiger charge is -2.11. The van der Waals surface area contributed by atoms with Crippen LogP contribution in [-0.4, -0.2) is 8.97 Å². The van der Waals surface area contributed by atoms with E-state index in [1.54, 1.807) is 6.08 Å². The molecule has 10 aromatic rings. The molecule has 3 heterocycles. The third-order valence-corrected chi connectivity index (χ3v) is 10.6. The molecule has 0 aliphatic heterocycles. The number of benzene rings is 7. The van der Waals surface area contributed by atoms with Crippen LogP contribution in [0.5, 0.6) is 0 Å². The number of allylic oxidation sites excluding steroid dienone is 4. The maximum Gasteiger partial charge on any atom is 0.263 e. The molecule has 0 atom stereocenters. The highest BCUT2D eigenvalue weighted by Gasteiger charge is 2.21. The summed E-state index contributed by atoms with van der Waals surface area (Å²) in [4.78, 5) is 14.1. The number of hydrogen-bond donors (Lipinski definition) is 0. The minimum absolute atomic E-state index is 0.00722. The zero-order chi connectivity index (χ0) is 34.9. The number of hydrogen-bond acceptors (Lipinski definition) is 1. The average molecular weight is 665 g/mol. The Balaban J connectivity index is 1.13. The topological polar surface area (TPSA) is 26.4 Å². The maximum absolute atomic E-state index is 14.1. The van der Waals surface area contributed by atoms with E-state index in [0.717, 1.165) is 71.7 Å². The van der Waals surface area contributed by atoms with Crippen LogP contribution in [0, 0.1) is 0 Å². The molecule has 0 aliphatic rings. The van der Waals surface area contributed by atoms with E-state index in [1.165, 1.54) is 21.8 Å². The van der Waals surface area contributed by atoms with Gasteiger partial charge in [-0.25, -0.2) is 0 Å². The van der Waals surface area contributed by atoms with Crippen LogP contribution in [0.2, 0.25) is 0 Å². The Bertz CT molecular complexity index is 3120. The normalized spacial score (nSPS) is 12.2. The highest BCUT2D eigenvalue weighted by Crippen LogP contribution is 2.41. The molecular weight excluding hydrogens is 633 g/mol. The summed E-state index contributed by atoms with van der Waals surface area (Å²) in [5.41, 5.74) is 11.8. The SMILES string of the molecule is C=C/C=C(\C=C)c1ccc2c3ccccc3c(=O)n3c4ccc(-c5cccc(-c6ccc(-n7c8ccccc8c8ccccc87)cc6)c5)cc4c1c23. The van der Waals surface area contributed by atoms with Gasteiger partial charge < -0.3 is 4.57 Å². The summed E-state index contributed by atoms with van der Waals surface area (Å²) in [6, 6.07) is 53.4. The highest BCUT2D eigenvalue weighted by atomic mass is 16.1. The summed E-state index contributed by atoms with van der Waals surface area (Å²) < 4.78 is 4.25. The molecule has 10 rings (SSSR count). The number of fused-ring (bicyclic) bond motifs is 8. The average Bonchev–Trinajstić information content (AvgIpc) is 3.73. The second-order valence-corrected chi connectivity index (χ2v) is 13.4. The van der Waals surface area contributed by atoms with Crippen molar-refractivity contribution in [3.05, 3.63) is 199 Å². The molecule has 0 N–H and O–H groups in total. The fourth-order valence-electron chi connectivity index (χ4n) is 8.30. The lowest BCUT2D eigenvalue weighted by molar-refractivity contribution is 1.18. The van der Waals surface area contributed by atoms with Gasteiger partial charge in [0, 0.05) is 38.0 Å². The van der Waals surface area contributed by atoms with Crippen molar-refractivity contribution in [3.63, 3.8) is 0 Å². The van der Waals surface area contributed by atoms with E-state index < -0.39 is 0 Å². The monoisotopic (exact) mass is 664 g/mol. The first-order valence-corrected chi connectivity index (χ1v) is 17.5. The second kappa shape index (κ2) is 11.5. The number of rotatable bonds is 6. The van der Waals surface area contributed by atoms with Gasteiger partial charge in [0.05, 0.1) is 22.1 Å². The Kier molecular flexibility index (Phi) is 6.64. The van der Waals surface area contributed by atoms with E-state index in [2.05, 4.69) is 145 Å². The molecule has 0 amide bonds. The fraction of sp³-hybridized carbons (Fsp3) is 0.